The molecule has 0 aliphatic carbocycles. The highest BCUT2D eigenvalue weighted by molar-refractivity contribution is 6.05. The predicted octanol–water partition coefficient (Wildman–Crippen LogP) is 2.41. The zero-order valence-electron chi connectivity index (χ0n) is 10.5. The van der Waals surface area contributed by atoms with Crippen molar-refractivity contribution in [3.8, 4) is 17.6 Å². The van der Waals surface area contributed by atoms with Crippen LogP contribution in [0.4, 0.5) is 5.69 Å². The molecule has 2 aromatic rings. The molecule has 0 aliphatic heterocycles. The van der Waals surface area contributed by atoms with Crippen LogP contribution in [-0.4, -0.2) is 18.1 Å². The summed E-state index contributed by atoms with van der Waals surface area (Å²) in [6.45, 7) is 0. The Balaban J connectivity index is 2.15. The van der Waals surface area contributed by atoms with Gasteiger partial charge in [0.05, 0.1) is 0 Å². The third kappa shape index (κ3) is 3.36. The molecular weight excluding hydrogens is 238 g/mol. The average Bonchev–Trinajstić information content (AvgIpc) is 2.45. The van der Waals surface area contributed by atoms with Gasteiger partial charge < -0.3 is 10.0 Å². The Labute approximate surface area is 112 Å². The fraction of sp³-hybridized carbons (Fsp3) is 0.0625. The van der Waals surface area contributed by atoms with Crippen LogP contribution < -0.4 is 4.90 Å². The minimum atomic E-state index is -0.325. The largest absolute Gasteiger partial charge is 0.508 e. The molecule has 1 N–H and O–H groups in total. The van der Waals surface area contributed by atoms with Gasteiger partial charge >= 0.3 is 5.91 Å². The number of benzene rings is 2. The van der Waals surface area contributed by atoms with Crippen molar-refractivity contribution < 1.29 is 9.90 Å². The summed E-state index contributed by atoms with van der Waals surface area (Å²) in [4.78, 5) is 13.3. The van der Waals surface area contributed by atoms with Gasteiger partial charge in [-0.25, -0.2) is 0 Å². The van der Waals surface area contributed by atoms with Crippen molar-refractivity contribution in [2.24, 2.45) is 0 Å². The summed E-state index contributed by atoms with van der Waals surface area (Å²) in [5.41, 5.74) is 1.40. The second-order valence-electron chi connectivity index (χ2n) is 4.00. The van der Waals surface area contributed by atoms with Gasteiger partial charge in [-0.2, -0.15) is 0 Å². The maximum atomic E-state index is 11.9. The molecule has 0 unspecified atom stereocenters. The maximum absolute atomic E-state index is 11.9. The van der Waals surface area contributed by atoms with E-state index in [1.165, 1.54) is 11.0 Å². The van der Waals surface area contributed by atoms with E-state index in [9.17, 15) is 9.90 Å². The van der Waals surface area contributed by atoms with Gasteiger partial charge in [0, 0.05) is 30.3 Å². The van der Waals surface area contributed by atoms with E-state index in [0.29, 0.717) is 5.69 Å². The Morgan fingerprint density at radius 3 is 2.53 bits per heavy atom. The SMILES string of the molecule is CN(C(=O)C#Cc1ccccc1)c1cccc(O)c1. The number of anilines is 1. The Kier molecular flexibility index (Phi) is 3.84. The number of phenols is 1. The molecule has 3 heteroatoms. The number of nitrogens with zero attached hydrogens (tertiary/aromatic N) is 1. The highest BCUT2D eigenvalue weighted by atomic mass is 16.3. The van der Waals surface area contributed by atoms with Crippen molar-refractivity contribution in [3.63, 3.8) is 0 Å². The van der Waals surface area contributed by atoms with Crippen molar-refractivity contribution in [3.05, 3.63) is 60.2 Å². The topological polar surface area (TPSA) is 40.5 Å². The number of carbonyl (C=O) groups excluding carboxylic acids is 1. The Bertz CT molecular complexity index is 639. The number of amides is 1. The van der Waals surface area contributed by atoms with E-state index in [2.05, 4.69) is 11.8 Å². The van der Waals surface area contributed by atoms with Gasteiger partial charge in [-0.3, -0.25) is 4.79 Å². The number of rotatable bonds is 1. The Morgan fingerprint density at radius 2 is 1.84 bits per heavy atom. The molecule has 0 radical (unpaired) electrons. The molecule has 94 valence electrons. The maximum Gasteiger partial charge on any atom is 0.302 e. The van der Waals surface area contributed by atoms with Gasteiger partial charge in [-0.15, -0.1) is 0 Å². The second kappa shape index (κ2) is 5.74. The van der Waals surface area contributed by atoms with Crippen LogP contribution in [0.2, 0.25) is 0 Å². The van der Waals surface area contributed by atoms with E-state index >= 15 is 0 Å². The smallest absolute Gasteiger partial charge is 0.302 e. The summed E-state index contributed by atoms with van der Waals surface area (Å²) in [6, 6.07) is 15.8. The van der Waals surface area contributed by atoms with Crippen LogP contribution >= 0.6 is 0 Å². The van der Waals surface area contributed by atoms with Crippen LogP contribution in [0.15, 0.2) is 54.6 Å². The molecule has 19 heavy (non-hydrogen) atoms. The molecule has 0 saturated carbocycles. The van der Waals surface area contributed by atoms with Crippen molar-refractivity contribution in [2.45, 2.75) is 0 Å². The molecule has 3 nitrogen and oxygen atoms in total. The molecule has 1 amide bonds. The van der Waals surface area contributed by atoms with Gasteiger partial charge in [-0.1, -0.05) is 30.2 Å². The standard InChI is InChI=1S/C16H13NO2/c1-17(14-8-5-9-15(18)12-14)16(19)11-10-13-6-3-2-4-7-13/h2-9,12,18H,1H3. The first-order chi connectivity index (χ1) is 9.16. The molecule has 0 heterocycles. The summed E-state index contributed by atoms with van der Waals surface area (Å²) in [6.07, 6.45) is 0. The van der Waals surface area contributed by atoms with Crippen molar-refractivity contribution in [1.29, 1.82) is 0 Å². The lowest BCUT2D eigenvalue weighted by Crippen LogP contribution is -2.24. The van der Waals surface area contributed by atoms with Crippen LogP contribution in [0, 0.1) is 11.8 Å². The number of aromatic hydroxyl groups is 1. The Morgan fingerprint density at radius 1 is 1.11 bits per heavy atom. The van der Waals surface area contributed by atoms with E-state index in [4.69, 9.17) is 0 Å². The molecule has 0 spiro atoms. The lowest BCUT2D eigenvalue weighted by Gasteiger charge is -2.13. The molecule has 2 rings (SSSR count). The molecule has 0 atom stereocenters. The van der Waals surface area contributed by atoms with Crippen LogP contribution in [0.3, 0.4) is 0 Å². The van der Waals surface area contributed by atoms with Gasteiger partial charge in [-0.05, 0) is 24.3 Å². The number of phenolic OH excluding ortho intramolecular Hbond substituents is 1. The number of carbonyl (C=O) groups is 1. The minimum Gasteiger partial charge on any atom is -0.508 e. The third-order valence-electron chi connectivity index (χ3n) is 2.61. The molecule has 0 fully saturated rings. The highest BCUT2D eigenvalue weighted by Crippen LogP contribution is 2.18. The van der Waals surface area contributed by atoms with Gasteiger partial charge in [0.25, 0.3) is 0 Å². The lowest BCUT2D eigenvalue weighted by atomic mass is 10.2. The lowest BCUT2D eigenvalue weighted by molar-refractivity contribution is -0.113. The fourth-order valence-electron chi connectivity index (χ4n) is 1.55. The third-order valence-corrected chi connectivity index (χ3v) is 2.61. The quantitative estimate of drug-likeness (QED) is 0.791. The summed E-state index contributed by atoms with van der Waals surface area (Å²) < 4.78 is 0. The predicted molar refractivity (Wildman–Crippen MR) is 74.8 cm³/mol. The van der Waals surface area contributed by atoms with Crippen molar-refractivity contribution in [1.82, 2.24) is 0 Å². The van der Waals surface area contributed by atoms with Crippen LogP contribution in [0.5, 0.6) is 5.75 Å². The minimum absolute atomic E-state index is 0.119. The van der Waals surface area contributed by atoms with Crippen LogP contribution in [-0.2, 0) is 4.79 Å². The monoisotopic (exact) mass is 251 g/mol. The summed E-state index contributed by atoms with van der Waals surface area (Å²) >= 11 is 0. The summed E-state index contributed by atoms with van der Waals surface area (Å²) in [7, 11) is 1.62. The van der Waals surface area contributed by atoms with E-state index in [-0.39, 0.29) is 11.7 Å². The summed E-state index contributed by atoms with van der Waals surface area (Å²) in [5, 5.41) is 9.38. The number of hydrogen-bond acceptors (Lipinski definition) is 2. The molecule has 0 saturated heterocycles. The second-order valence-corrected chi connectivity index (χ2v) is 4.00. The summed E-state index contributed by atoms with van der Waals surface area (Å²) in [5.74, 6) is 5.17. The van der Waals surface area contributed by atoms with Crippen LogP contribution in [0.25, 0.3) is 0 Å². The van der Waals surface area contributed by atoms with E-state index in [0.717, 1.165) is 5.56 Å². The first-order valence-electron chi connectivity index (χ1n) is 5.80. The Hall–Kier alpha value is -2.73. The highest BCUT2D eigenvalue weighted by Gasteiger charge is 2.08. The van der Waals surface area contributed by atoms with Gasteiger partial charge in [0.15, 0.2) is 0 Å². The number of hydrogen-bond donors (Lipinski definition) is 1. The van der Waals surface area contributed by atoms with Gasteiger partial charge in [0.1, 0.15) is 5.75 Å². The normalized spacial score (nSPS) is 9.32. The molecule has 2 aromatic carbocycles. The van der Waals surface area contributed by atoms with E-state index in [1.807, 2.05) is 30.3 Å². The molecular formula is C16H13NO2. The molecule has 0 aromatic heterocycles. The zero-order chi connectivity index (χ0) is 13.7. The zero-order valence-corrected chi connectivity index (χ0v) is 10.5. The van der Waals surface area contributed by atoms with E-state index < -0.39 is 0 Å². The molecule has 0 aliphatic rings. The molecule has 0 bridgehead atoms. The first-order valence-corrected chi connectivity index (χ1v) is 5.80. The van der Waals surface area contributed by atoms with Gasteiger partial charge in [0.2, 0.25) is 0 Å². The van der Waals surface area contributed by atoms with Crippen molar-refractivity contribution in [2.75, 3.05) is 11.9 Å². The van der Waals surface area contributed by atoms with E-state index in [1.54, 1.807) is 25.2 Å². The first kappa shape index (κ1) is 12.7. The van der Waals surface area contributed by atoms with Crippen LogP contribution in [0.1, 0.15) is 5.56 Å². The average molecular weight is 251 g/mol. The van der Waals surface area contributed by atoms with Crippen molar-refractivity contribution >= 4 is 11.6 Å². The fourth-order valence-corrected chi connectivity index (χ4v) is 1.55.